The largest absolute Gasteiger partial charge is 0.406 e. The summed E-state index contributed by atoms with van der Waals surface area (Å²) >= 11 is 0. The van der Waals surface area contributed by atoms with Crippen LogP contribution < -0.4 is 10.6 Å². The minimum Gasteiger partial charge on any atom is -0.381 e. The number of fused-ring (bicyclic) bond motifs is 1. The van der Waals surface area contributed by atoms with Crippen LogP contribution in [0, 0.1) is 23.2 Å². The van der Waals surface area contributed by atoms with Crippen molar-refractivity contribution in [2.24, 2.45) is 0 Å². The first kappa shape index (κ1) is 25.6. The predicted octanol–water partition coefficient (Wildman–Crippen LogP) is 4.80. The van der Waals surface area contributed by atoms with E-state index in [4.69, 9.17) is 0 Å². The Morgan fingerprint density at radius 2 is 2.06 bits per heavy atom. The van der Waals surface area contributed by atoms with Crippen molar-refractivity contribution >= 4 is 33.1 Å². The summed E-state index contributed by atoms with van der Waals surface area (Å²) in [4.78, 5) is 4.31. The number of hydrogen-bond acceptors (Lipinski definition) is 5. The predicted molar refractivity (Wildman–Crippen MR) is 136 cm³/mol. The van der Waals surface area contributed by atoms with Crippen molar-refractivity contribution in [2.75, 3.05) is 28.7 Å². The molecule has 1 aliphatic heterocycles. The third-order valence-electron chi connectivity index (χ3n) is 6.00. The summed E-state index contributed by atoms with van der Waals surface area (Å²) in [5, 5.41) is 16.3. The Morgan fingerprint density at radius 3 is 2.69 bits per heavy atom. The van der Waals surface area contributed by atoms with Gasteiger partial charge >= 0.3 is 6.18 Å². The van der Waals surface area contributed by atoms with Gasteiger partial charge in [0, 0.05) is 39.4 Å². The van der Waals surface area contributed by atoms with Gasteiger partial charge in [0.15, 0.2) is 0 Å². The maximum Gasteiger partial charge on any atom is 0.406 e. The van der Waals surface area contributed by atoms with Gasteiger partial charge in [0.2, 0.25) is 0 Å². The van der Waals surface area contributed by atoms with Crippen molar-refractivity contribution in [2.45, 2.75) is 44.4 Å². The number of halogens is 3. The molecule has 1 fully saturated rings. The molecule has 1 saturated heterocycles. The van der Waals surface area contributed by atoms with Crippen LogP contribution in [0.25, 0.3) is 10.9 Å². The molecule has 0 radical (unpaired) electrons. The number of alkyl halides is 3. The van der Waals surface area contributed by atoms with E-state index in [1.807, 2.05) is 6.07 Å². The average Bonchev–Trinajstić information content (AvgIpc) is 3.39. The van der Waals surface area contributed by atoms with Gasteiger partial charge in [-0.25, -0.2) is 0 Å². The highest BCUT2D eigenvalue weighted by atomic mass is 32.2. The lowest BCUT2D eigenvalue weighted by Crippen LogP contribution is -2.20. The van der Waals surface area contributed by atoms with Gasteiger partial charge in [0.25, 0.3) is 0 Å². The van der Waals surface area contributed by atoms with E-state index in [1.54, 1.807) is 50.4 Å². The zero-order valence-electron chi connectivity index (χ0n) is 19.9. The average molecular weight is 514 g/mol. The first-order valence-electron chi connectivity index (χ1n) is 11.5. The molecule has 0 spiro atoms. The van der Waals surface area contributed by atoms with E-state index >= 15 is 0 Å². The van der Waals surface area contributed by atoms with Crippen molar-refractivity contribution in [1.29, 1.82) is 5.26 Å². The molecule has 1 aliphatic rings. The minimum absolute atomic E-state index is 0.0277. The fraction of sp³-hybridized carbons (Fsp3) is 0.385. The van der Waals surface area contributed by atoms with Gasteiger partial charge in [-0.2, -0.15) is 18.4 Å². The number of nitrogens with one attached hydrogen (secondary N) is 2. The molecule has 0 aliphatic carbocycles. The van der Waals surface area contributed by atoms with E-state index in [2.05, 4.69) is 33.5 Å². The Hall–Kier alpha value is -3.50. The first-order valence-corrected chi connectivity index (χ1v) is 13.0. The zero-order valence-corrected chi connectivity index (χ0v) is 20.8. The number of anilines is 2. The second-order valence-corrected chi connectivity index (χ2v) is 10.9. The third-order valence-corrected chi connectivity index (χ3v) is 7.47. The Morgan fingerprint density at radius 1 is 1.25 bits per heavy atom. The van der Waals surface area contributed by atoms with Crippen molar-refractivity contribution in [3.63, 3.8) is 0 Å². The van der Waals surface area contributed by atoms with E-state index in [0.717, 1.165) is 6.42 Å². The smallest absolute Gasteiger partial charge is 0.381 e. The van der Waals surface area contributed by atoms with Crippen LogP contribution in [-0.2, 0) is 22.8 Å². The van der Waals surface area contributed by atoms with Crippen molar-refractivity contribution < 1.29 is 17.4 Å². The molecule has 10 heteroatoms. The van der Waals surface area contributed by atoms with Gasteiger partial charge in [-0.1, -0.05) is 12.0 Å². The van der Waals surface area contributed by atoms with Crippen LogP contribution >= 0.6 is 0 Å². The van der Waals surface area contributed by atoms with Gasteiger partial charge in [0.1, 0.15) is 6.54 Å². The number of benzene rings is 1. The highest BCUT2D eigenvalue weighted by molar-refractivity contribution is 7.85. The van der Waals surface area contributed by atoms with Gasteiger partial charge < -0.3 is 15.2 Å². The molecule has 0 bridgehead atoms. The molecule has 2 unspecified atom stereocenters. The number of pyridine rings is 1. The highest BCUT2D eigenvalue weighted by Crippen LogP contribution is 2.31. The lowest BCUT2D eigenvalue weighted by molar-refractivity contribution is -0.140. The summed E-state index contributed by atoms with van der Waals surface area (Å²) < 4.78 is 53.1. The van der Waals surface area contributed by atoms with Crippen molar-refractivity contribution in [3.05, 3.63) is 54.0 Å². The van der Waals surface area contributed by atoms with Crippen LogP contribution in [0.3, 0.4) is 0 Å². The maximum atomic E-state index is 13.4. The first-order chi connectivity index (χ1) is 17.1. The van der Waals surface area contributed by atoms with Crippen LogP contribution in [0.15, 0.2) is 42.6 Å². The van der Waals surface area contributed by atoms with Crippen LogP contribution in [0.1, 0.15) is 31.7 Å². The van der Waals surface area contributed by atoms with Crippen LogP contribution in [-0.4, -0.2) is 44.0 Å². The molecule has 36 heavy (non-hydrogen) atoms. The van der Waals surface area contributed by atoms with Crippen molar-refractivity contribution in [1.82, 2.24) is 9.55 Å². The summed E-state index contributed by atoms with van der Waals surface area (Å²) in [5.74, 6) is 6.94. The monoisotopic (exact) mass is 513 g/mol. The maximum absolute atomic E-state index is 13.4. The van der Waals surface area contributed by atoms with Crippen LogP contribution in [0.2, 0.25) is 0 Å². The molecular weight excluding hydrogens is 487 g/mol. The molecule has 1 aromatic carbocycles. The minimum atomic E-state index is -4.41. The van der Waals surface area contributed by atoms with E-state index in [0.29, 0.717) is 39.5 Å². The third kappa shape index (κ3) is 6.00. The standard InChI is InChI=1S/C26H26F3N5OS/c1-25(2,16-30)24-9-8-18(14-32-24)31-11-4-5-20-13-21-22(33-19-10-12-36(35)15-19)6-3-7-23(21)34(20)17-26(27,28)29/h3,6-9,13-14,19,31,33H,10-12,15,17H2,1-2H3. The Labute approximate surface area is 210 Å². The Balaban J connectivity index is 1.56. The summed E-state index contributed by atoms with van der Waals surface area (Å²) in [6.45, 7) is 2.62. The van der Waals surface area contributed by atoms with E-state index in [-0.39, 0.29) is 18.3 Å². The number of aromatic nitrogens is 2. The molecule has 0 amide bonds. The number of hydrogen-bond donors (Lipinski definition) is 2. The number of nitriles is 1. The van der Waals surface area contributed by atoms with E-state index < -0.39 is 28.9 Å². The molecule has 188 valence electrons. The van der Waals surface area contributed by atoms with Gasteiger partial charge in [0.05, 0.1) is 46.8 Å². The molecule has 2 aromatic heterocycles. The second kappa shape index (κ2) is 10.2. The molecule has 4 rings (SSSR count). The quantitative estimate of drug-likeness (QED) is 0.463. The van der Waals surface area contributed by atoms with Crippen LogP contribution in [0.4, 0.5) is 24.5 Å². The summed E-state index contributed by atoms with van der Waals surface area (Å²) in [6, 6.07) is 12.6. The molecular formula is C26H26F3N5OS. The topological polar surface area (TPSA) is 82.7 Å². The lowest BCUT2D eigenvalue weighted by atomic mass is 9.91. The SMILES string of the molecule is CC(C)(C#N)c1ccc(NCC#Cc2cc3c(NC4CCS(=O)C4)cccc3n2CC(F)(F)F)cn1. The van der Waals surface area contributed by atoms with Gasteiger partial charge in [-0.3, -0.25) is 9.19 Å². The molecule has 2 atom stereocenters. The summed E-state index contributed by atoms with van der Waals surface area (Å²) in [7, 11) is -0.865. The normalized spacial score (nSPS) is 17.9. The fourth-order valence-electron chi connectivity index (χ4n) is 4.07. The second-order valence-electron chi connectivity index (χ2n) is 9.23. The van der Waals surface area contributed by atoms with E-state index in [9.17, 15) is 22.6 Å². The van der Waals surface area contributed by atoms with Crippen molar-refractivity contribution in [3.8, 4) is 17.9 Å². The zero-order chi connectivity index (χ0) is 25.9. The van der Waals surface area contributed by atoms with Gasteiger partial charge in [-0.15, -0.1) is 0 Å². The van der Waals surface area contributed by atoms with Gasteiger partial charge in [-0.05, 0) is 56.5 Å². The summed E-state index contributed by atoms with van der Waals surface area (Å²) in [6.07, 6.45) is -2.05. The Bertz CT molecular complexity index is 1380. The number of rotatable bonds is 6. The lowest BCUT2D eigenvalue weighted by Gasteiger charge is -2.14. The molecule has 2 N–H and O–H groups in total. The summed E-state index contributed by atoms with van der Waals surface area (Å²) in [5.41, 5.74) is 2.05. The fourth-order valence-corrected chi connectivity index (χ4v) is 5.48. The van der Waals surface area contributed by atoms with E-state index in [1.165, 1.54) is 4.57 Å². The molecule has 6 nitrogen and oxygen atoms in total. The molecule has 0 saturated carbocycles. The molecule has 3 heterocycles. The molecule has 3 aromatic rings. The highest BCUT2D eigenvalue weighted by Gasteiger charge is 2.30. The number of nitrogens with zero attached hydrogens (tertiary/aromatic N) is 3. The Kier molecular flexibility index (Phi) is 7.28. The van der Waals surface area contributed by atoms with Crippen LogP contribution in [0.5, 0.6) is 0 Å².